The van der Waals surface area contributed by atoms with Crippen LogP contribution in [0.25, 0.3) is 0 Å². The monoisotopic (exact) mass is 382 g/mol. The molecule has 1 aliphatic rings. The van der Waals surface area contributed by atoms with Gasteiger partial charge >= 0.3 is 0 Å². The van der Waals surface area contributed by atoms with Crippen molar-refractivity contribution in [2.24, 2.45) is 0 Å². The van der Waals surface area contributed by atoms with Gasteiger partial charge in [0.25, 0.3) is 5.91 Å². The van der Waals surface area contributed by atoms with Crippen LogP contribution >= 0.6 is 0 Å². The number of carbonyl (C=O) groups excluding carboxylic acids is 2. The number of amides is 2. The molecule has 28 heavy (non-hydrogen) atoms. The van der Waals surface area contributed by atoms with E-state index in [2.05, 4.69) is 5.32 Å². The zero-order valence-corrected chi connectivity index (χ0v) is 16.0. The van der Waals surface area contributed by atoms with E-state index in [0.29, 0.717) is 30.9 Å². The highest BCUT2D eigenvalue weighted by atomic mass is 16.5. The quantitative estimate of drug-likeness (QED) is 0.801. The molecule has 6 heteroatoms. The third-order valence-electron chi connectivity index (χ3n) is 4.97. The molecule has 0 aliphatic carbocycles. The summed E-state index contributed by atoms with van der Waals surface area (Å²) in [4.78, 5) is 25.8. The number of β-amino-alcohol motifs (C(OH)–C–C–N with tert-alkyl or cyclic N) is 1. The number of aliphatic hydroxyl groups is 1. The van der Waals surface area contributed by atoms with E-state index in [9.17, 15) is 14.7 Å². The first-order valence-electron chi connectivity index (χ1n) is 9.55. The Morgan fingerprint density at radius 3 is 2.57 bits per heavy atom. The van der Waals surface area contributed by atoms with Gasteiger partial charge < -0.3 is 20.1 Å². The summed E-state index contributed by atoms with van der Waals surface area (Å²) < 4.78 is 5.85. The number of hydrogen-bond donors (Lipinski definition) is 2. The summed E-state index contributed by atoms with van der Waals surface area (Å²) >= 11 is 0. The molecule has 6 nitrogen and oxygen atoms in total. The zero-order chi connectivity index (χ0) is 19.9. The standard InChI is InChI=1S/C22H26N2O4/c1-16(25)24-13-11-19(20(26)15-24)23-22(27)18-9-5-6-10-21(18)28-14-12-17-7-3-2-4-8-17/h2-10,19-20,26H,11-15H2,1H3,(H,23,27)/t19-,20-/m1/s1. The predicted molar refractivity (Wildman–Crippen MR) is 106 cm³/mol. The fourth-order valence-electron chi connectivity index (χ4n) is 3.34. The molecule has 2 N–H and O–H groups in total. The normalized spacial score (nSPS) is 19.1. The fraction of sp³-hybridized carbons (Fsp3) is 0.364. The number of aliphatic hydroxyl groups excluding tert-OH is 1. The van der Waals surface area contributed by atoms with Crippen molar-refractivity contribution < 1.29 is 19.4 Å². The summed E-state index contributed by atoms with van der Waals surface area (Å²) in [5, 5.41) is 13.2. The topological polar surface area (TPSA) is 78.9 Å². The number of para-hydroxylation sites is 1. The second-order valence-corrected chi connectivity index (χ2v) is 6.98. The van der Waals surface area contributed by atoms with Gasteiger partial charge in [-0.2, -0.15) is 0 Å². The molecule has 0 unspecified atom stereocenters. The van der Waals surface area contributed by atoms with E-state index in [0.717, 1.165) is 6.42 Å². The molecule has 3 rings (SSSR count). The molecular weight excluding hydrogens is 356 g/mol. The Labute approximate surface area is 165 Å². The van der Waals surface area contributed by atoms with E-state index in [1.807, 2.05) is 36.4 Å². The predicted octanol–water partition coefficient (Wildman–Crippen LogP) is 2.02. The van der Waals surface area contributed by atoms with E-state index >= 15 is 0 Å². The minimum absolute atomic E-state index is 0.0685. The van der Waals surface area contributed by atoms with Gasteiger partial charge in [-0.05, 0) is 24.1 Å². The minimum atomic E-state index is -0.784. The molecule has 0 aromatic heterocycles. The van der Waals surface area contributed by atoms with Crippen molar-refractivity contribution in [2.45, 2.75) is 31.9 Å². The lowest BCUT2D eigenvalue weighted by molar-refractivity contribution is -0.132. The molecule has 148 valence electrons. The van der Waals surface area contributed by atoms with Gasteiger partial charge in [0.2, 0.25) is 5.91 Å². The summed E-state index contributed by atoms with van der Waals surface area (Å²) in [5.74, 6) is 0.170. The van der Waals surface area contributed by atoms with Crippen LogP contribution in [0.4, 0.5) is 0 Å². The highest BCUT2D eigenvalue weighted by molar-refractivity contribution is 5.97. The number of rotatable bonds is 6. The number of ether oxygens (including phenoxy) is 1. The Morgan fingerprint density at radius 2 is 1.86 bits per heavy atom. The molecule has 0 bridgehead atoms. The highest BCUT2D eigenvalue weighted by Crippen LogP contribution is 2.20. The fourth-order valence-corrected chi connectivity index (χ4v) is 3.34. The number of nitrogens with zero attached hydrogens (tertiary/aromatic N) is 1. The maximum Gasteiger partial charge on any atom is 0.255 e. The van der Waals surface area contributed by atoms with Gasteiger partial charge in [-0.1, -0.05) is 42.5 Å². The molecule has 2 aromatic carbocycles. The van der Waals surface area contributed by atoms with Crippen molar-refractivity contribution >= 4 is 11.8 Å². The van der Waals surface area contributed by atoms with Crippen LogP contribution < -0.4 is 10.1 Å². The second kappa shape index (κ2) is 9.37. The SMILES string of the molecule is CC(=O)N1CC[C@@H](NC(=O)c2ccccc2OCCc2ccccc2)[C@H](O)C1. The maximum atomic E-state index is 12.7. The van der Waals surface area contributed by atoms with Crippen LogP contribution in [0.15, 0.2) is 54.6 Å². The van der Waals surface area contributed by atoms with E-state index in [-0.39, 0.29) is 24.4 Å². The number of nitrogens with one attached hydrogen (secondary N) is 1. The number of piperidine rings is 1. The lowest BCUT2D eigenvalue weighted by Gasteiger charge is -2.35. The Bertz CT molecular complexity index is 809. The number of carbonyl (C=O) groups is 2. The van der Waals surface area contributed by atoms with E-state index < -0.39 is 6.10 Å². The zero-order valence-electron chi connectivity index (χ0n) is 16.0. The van der Waals surface area contributed by atoms with Gasteiger partial charge in [0, 0.05) is 26.4 Å². The molecule has 1 saturated heterocycles. The summed E-state index contributed by atoms with van der Waals surface area (Å²) in [7, 11) is 0. The number of benzene rings is 2. The van der Waals surface area contributed by atoms with Crippen molar-refractivity contribution in [1.29, 1.82) is 0 Å². The lowest BCUT2D eigenvalue weighted by Crippen LogP contribution is -2.55. The van der Waals surface area contributed by atoms with E-state index in [1.54, 1.807) is 23.1 Å². The van der Waals surface area contributed by atoms with E-state index in [4.69, 9.17) is 4.74 Å². The molecular formula is C22H26N2O4. The summed E-state index contributed by atoms with van der Waals surface area (Å²) in [6, 6.07) is 16.7. The van der Waals surface area contributed by atoms with Crippen LogP contribution in [0.1, 0.15) is 29.3 Å². The average molecular weight is 382 g/mol. The second-order valence-electron chi connectivity index (χ2n) is 6.98. The smallest absolute Gasteiger partial charge is 0.255 e. The largest absolute Gasteiger partial charge is 0.492 e. The third kappa shape index (κ3) is 5.10. The lowest BCUT2D eigenvalue weighted by atomic mass is 10.0. The first kappa shape index (κ1) is 19.9. The van der Waals surface area contributed by atoms with Gasteiger partial charge in [0.15, 0.2) is 0 Å². The summed E-state index contributed by atoms with van der Waals surface area (Å²) in [6.45, 7) is 2.70. The van der Waals surface area contributed by atoms with Gasteiger partial charge in [-0.3, -0.25) is 9.59 Å². The molecule has 2 amide bonds. The maximum absolute atomic E-state index is 12.7. The first-order valence-corrected chi connectivity index (χ1v) is 9.55. The van der Waals surface area contributed by atoms with Crippen LogP contribution in [-0.4, -0.2) is 53.7 Å². The van der Waals surface area contributed by atoms with Gasteiger partial charge in [-0.25, -0.2) is 0 Å². The molecule has 1 aliphatic heterocycles. The van der Waals surface area contributed by atoms with Gasteiger partial charge in [0.1, 0.15) is 5.75 Å². The van der Waals surface area contributed by atoms with Crippen molar-refractivity contribution in [1.82, 2.24) is 10.2 Å². The number of likely N-dealkylation sites (tertiary alicyclic amines) is 1. The Kier molecular flexibility index (Phi) is 6.66. The minimum Gasteiger partial charge on any atom is -0.492 e. The van der Waals surface area contributed by atoms with Crippen molar-refractivity contribution in [3.8, 4) is 5.75 Å². The van der Waals surface area contributed by atoms with Crippen molar-refractivity contribution in [3.05, 3.63) is 65.7 Å². The molecule has 0 spiro atoms. The Balaban J connectivity index is 1.59. The molecule has 2 aromatic rings. The Morgan fingerprint density at radius 1 is 1.14 bits per heavy atom. The van der Waals surface area contributed by atoms with E-state index in [1.165, 1.54) is 12.5 Å². The van der Waals surface area contributed by atoms with Crippen LogP contribution in [-0.2, 0) is 11.2 Å². The molecule has 0 radical (unpaired) electrons. The van der Waals surface area contributed by atoms with Crippen molar-refractivity contribution in [3.63, 3.8) is 0 Å². The van der Waals surface area contributed by atoms with Gasteiger partial charge in [0.05, 0.1) is 24.3 Å². The molecule has 0 saturated carbocycles. The Hall–Kier alpha value is -2.86. The third-order valence-corrected chi connectivity index (χ3v) is 4.97. The van der Waals surface area contributed by atoms with Gasteiger partial charge in [-0.15, -0.1) is 0 Å². The molecule has 2 atom stereocenters. The van der Waals surface area contributed by atoms with Crippen LogP contribution in [0.3, 0.4) is 0 Å². The first-order chi connectivity index (χ1) is 13.5. The average Bonchev–Trinajstić information content (AvgIpc) is 2.70. The van der Waals surface area contributed by atoms with Crippen LogP contribution in [0.5, 0.6) is 5.75 Å². The van der Waals surface area contributed by atoms with Crippen LogP contribution in [0.2, 0.25) is 0 Å². The summed E-state index contributed by atoms with van der Waals surface area (Å²) in [6.07, 6.45) is 0.482. The molecule has 1 heterocycles. The highest BCUT2D eigenvalue weighted by Gasteiger charge is 2.30. The summed E-state index contributed by atoms with van der Waals surface area (Å²) in [5.41, 5.74) is 1.61. The van der Waals surface area contributed by atoms with Crippen molar-refractivity contribution in [2.75, 3.05) is 19.7 Å². The number of hydrogen-bond acceptors (Lipinski definition) is 4. The van der Waals surface area contributed by atoms with Crippen LogP contribution in [0, 0.1) is 0 Å². The molecule has 1 fully saturated rings.